The smallest absolute Gasteiger partial charge is 0.166 e. The number of nitrogens with two attached hydrogens (primary N) is 1. The molecular formula is C19H22N4O2. The van der Waals surface area contributed by atoms with Crippen molar-refractivity contribution in [2.75, 3.05) is 19.0 Å². The number of rotatable bonds is 6. The van der Waals surface area contributed by atoms with Gasteiger partial charge >= 0.3 is 0 Å². The van der Waals surface area contributed by atoms with Gasteiger partial charge in [-0.05, 0) is 36.8 Å². The van der Waals surface area contributed by atoms with E-state index in [1.54, 1.807) is 25.3 Å². The van der Waals surface area contributed by atoms with Crippen LogP contribution >= 0.6 is 0 Å². The molecule has 1 heterocycles. The van der Waals surface area contributed by atoms with E-state index in [-0.39, 0.29) is 11.8 Å². The summed E-state index contributed by atoms with van der Waals surface area (Å²) < 4.78 is 5.24. The van der Waals surface area contributed by atoms with Crippen LogP contribution in [0.4, 0.5) is 5.82 Å². The van der Waals surface area contributed by atoms with Crippen LogP contribution in [-0.2, 0) is 0 Å². The molecule has 0 radical (unpaired) electrons. The number of nitrogens with zero attached hydrogens (tertiary/aromatic N) is 2. The summed E-state index contributed by atoms with van der Waals surface area (Å²) in [6, 6.07) is 12.8. The van der Waals surface area contributed by atoms with Crippen molar-refractivity contribution in [3.63, 3.8) is 0 Å². The molecule has 3 rings (SSSR count). The third-order valence-corrected chi connectivity index (χ3v) is 4.10. The minimum Gasteiger partial charge on any atom is -0.507 e. The number of nitrogens with one attached hydrogen (secondary N) is 1. The molecule has 0 fully saturated rings. The average molecular weight is 338 g/mol. The second-order valence-corrected chi connectivity index (χ2v) is 5.85. The van der Waals surface area contributed by atoms with Crippen molar-refractivity contribution < 1.29 is 9.84 Å². The van der Waals surface area contributed by atoms with Crippen molar-refractivity contribution in [1.82, 2.24) is 9.97 Å². The highest BCUT2D eigenvalue weighted by molar-refractivity contribution is 5.91. The maximum atomic E-state index is 10.2. The summed E-state index contributed by atoms with van der Waals surface area (Å²) in [5.41, 5.74) is 7.33. The number of fused-ring (bicyclic) bond motifs is 1. The van der Waals surface area contributed by atoms with Crippen LogP contribution in [0.15, 0.2) is 42.5 Å². The number of aromatic hydroxyl groups is 1. The van der Waals surface area contributed by atoms with E-state index >= 15 is 0 Å². The lowest BCUT2D eigenvalue weighted by Gasteiger charge is -2.14. The van der Waals surface area contributed by atoms with E-state index in [9.17, 15) is 5.11 Å². The summed E-state index contributed by atoms with van der Waals surface area (Å²) in [5, 5.41) is 14.4. The Morgan fingerprint density at radius 1 is 1.20 bits per heavy atom. The number of benzene rings is 2. The van der Waals surface area contributed by atoms with Crippen LogP contribution < -0.4 is 15.8 Å². The quantitative estimate of drug-likeness (QED) is 0.639. The first kappa shape index (κ1) is 17.0. The van der Waals surface area contributed by atoms with Gasteiger partial charge in [0.1, 0.15) is 17.3 Å². The van der Waals surface area contributed by atoms with E-state index in [1.807, 2.05) is 31.2 Å². The second kappa shape index (κ2) is 7.36. The van der Waals surface area contributed by atoms with Gasteiger partial charge in [0.2, 0.25) is 0 Å². The van der Waals surface area contributed by atoms with Crippen LogP contribution in [0.25, 0.3) is 22.3 Å². The van der Waals surface area contributed by atoms with Crippen molar-refractivity contribution >= 4 is 16.7 Å². The van der Waals surface area contributed by atoms with Crippen LogP contribution in [0.5, 0.6) is 11.5 Å². The van der Waals surface area contributed by atoms with Crippen LogP contribution in [0.1, 0.15) is 13.3 Å². The molecule has 0 saturated carbocycles. The number of para-hydroxylation sites is 1. The monoisotopic (exact) mass is 338 g/mol. The molecule has 2 aromatic carbocycles. The summed E-state index contributed by atoms with van der Waals surface area (Å²) in [6.45, 7) is 2.66. The number of methoxy groups -OCH3 is 1. The molecule has 25 heavy (non-hydrogen) atoms. The number of phenols is 1. The lowest BCUT2D eigenvalue weighted by molar-refractivity contribution is 0.412. The highest BCUT2D eigenvalue weighted by Gasteiger charge is 2.14. The zero-order valence-electron chi connectivity index (χ0n) is 14.4. The molecule has 0 aliphatic carbocycles. The zero-order valence-corrected chi connectivity index (χ0v) is 14.4. The predicted octanol–water partition coefficient (Wildman–Crippen LogP) is 3.16. The normalized spacial score (nSPS) is 12.1. The zero-order chi connectivity index (χ0) is 17.8. The van der Waals surface area contributed by atoms with Crippen LogP contribution in [0.2, 0.25) is 0 Å². The van der Waals surface area contributed by atoms with Gasteiger partial charge in [-0.2, -0.15) is 0 Å². The number of hydrogen-bond acceptors (Lipinski definition) is 6. The Balaban J connectivity index is 2.10. The fourth-order valence-corrected chi connectivity index (χ4v) is 2.53. The van der Waals surface area contributed by atoms with Gasteiger partial charge in [0.05, 0.1) is 18.2 Å². The number of anilines is 1. The van der Waals surface area contributed by atoms with Crippen molar-refractivity contribution in [3.05, 3.63) is 42.5 Å². The van der Waals surface area contributed by atoms with Gasteiger partial charge in [-0.25, -0.2) is 9.97 Å². The number of phenolic OH excluding ortho intramolecular Hbond substituents is 1. The molecule has 1 unspecified atom stereocenters. The first-order valence-corrected chi connectivity index (χ1v) is 8.26. The highest BCUT2D eigenvalue weighted by atomic mass is 16.5. The molecule has 3 aromatic rings. The third-order valence-electron chi connectivity index (χ3n) is 4.10. The number of hydrogen-bond donors (Lipinski definition) is 3. The fourth-order valence-electron chi connectivity index (χ4n) is 2.53. The largest absolute Gasteiger partial charge is 0.507 e. The van der Waals surface area contributed by atoms with Crippen molar-refractivity contribution in [3.8, 4) is 22.9 Å². The molecule has 4 N–H and O–H groups in total. The maximum Gasteiger partial charge on any atom is 0.166 e. The highest BCUT2D eigenvalue weighted by Crippen LogP contribution is 2.32. The number of ether oxygens (including phenoxy) is 1. The van der Waals surface area contributed by atoms with E-state index in [2.05, 4.69) is 15.3 Å². The molecule has 0 saturated heterocycles. The molecule has 1 atom stereocenters. The Hall–Kier alpha value is -2.86. The SMILES string of the molecule is CCC(N)CNc1nc(-c2cc(OC)ccc2O)nc2ccccc12. The van der Waals surface area contributed by atoms with E-state index in [1.165, 1.54) is 0 Å². The molecule has 130 valence electrons. The summed E-state index contributed by atoms with van der Waals surface area (Å²) in [4.78, 5) is 9.21. The molecule has 0 bridgehead atoms. The Morgan fingerprint density at radius 3 is 2.76 bits per heavy atom. The molecule has 0 aliphatic rings. The first-order chi connectivity index (χ1) is 12.1. The standard InChI is InChI=1S/C19H22N4O2/c1-3-12(20)11-21-18-14-6-4-5-7-16(14)22-19(23-18)15-10-13(25-2)8-9-17(15)24/h4-10,12,24H,3,11,20H2,1-2H3,(H,21,22,23). The number of aromatic nitrogens is 2. The molecule has 1 aromatic heterocycles. The maximum absolute atomic E-state index is 10.2. The Labute approximate surface area is 146 Å². The van der Waals surface area contributed by atoms with Crippen molar-refractivity contribution in [2.24, 2.45) is 5.73 Å². The van der Waals surface area contributed by atoms with E-state index in [0.29, 0.717) is 29.5 Å². The van der Waals surface area contributed by atoms with Crippen LogP contribution in [0.3, 0.4) is 0 Å². The molecule has 0 amide bonds. The lowest BCUT2D eigenvalue weighted by Crippen LogP contribution is -2.28. The van der Waals surface area contributed by atoms with Gasteiger partial charge in [0.15, 0.2) is 5.82 Å². The van der Waals surface area contributed by atoms with Gasteiger partial charge in [0, 0.05) is 18.0 Å². The summed E-state index contributed by atoms with van der Waals surface area (Å²) >= 11 is 0. The topological polar surface area (TPSA) is 93.3 Å². The Morgan fingerprint density at radius 2 is 2.00 bits per heavy atom. The molecule has 0 spiro atoms. The van der Waals surface area contributed by atoms with Gasteiger partial charge in [-0.1, -0.05) is 19.1 Å². The lowest BCUT2D eigenvalue weighted by atomic mass is 10.1. The average Bonchev–Trinajstić information content (AvgIpc) is 2.66. The van der Waals surface area contributed by atoms with Gasteiger partial charge in [0.25, 0.3) is 0 Å². The van der Waals surface area contributed by atoms with Gasteiger partial charge in [-0.15, -0.1) is 0 Å². The summed E-state index contributed by atoms with van der Waals surface area (Å²) in [5.74, 6) is 1.87. The summed E-state index contributed by atoms with van der Waals surface area (Å²) in [6.07, 6.45) is 0.875. The molecule has 6 nitrogen and oxygen atoms in total. The third kappa shape index (κ3) is 3.64. The first-order valence-electron chi connectivity index (χ1n) is 8.26. The van der Waals surface area contributed by atoms with E-state index in [0.717, 1.165) is 17.3 Å². The van der Waals surface area contributed by atoms with Gasteiger partial charge in [-0.3, -0.25) is 0 Å². The Kier molecular flexibility index (Phi) is 5.00. The molecular weight excluding hydrogens is 316 g/mol. The van der Waals surface area contributed by atoms with Gasteiger partial charge < -0.3 is 20.9 Å². The second-order valence-electron chi connectivity index (χ2n) is 5.85. The van der Waals surface area contributed by atoms with E-state index < -0.39 is 0 Å². The minimum absolute atomic E-state index is 0.0439. The van der Waals surface area contributed by atoms with E-state index in [4.69, 9.17) is 10.5 Å². The fraction of sp³-hybridized carbons (Fsp3) is 0.263. The van der Waals surface area contributed by atoms with Crippen molar-refractivity contribution in [1.29, 1.82) is 0 Å². The van der Waals surface area contributed by atoms with Crippen LogP contribution in [0, 0.1) is 0 Å². The predicted molar refractivity (Wildman–Crippen MR) is 99.9 cm³/mol. The molecule has 6 heteroatoms. The molecule has 0 aliphatic heterocycles. The Bertz CT molecular complexity index is 882. The minimum atomic E-state index is 0.0439. The summed E-state index contributed by atoms with van der Waals surface area (Å²) in [7, 11) is 1.58. The van der Waals surface area contributed by atoms with Crippen LogP contribution in [-0.4, -0.2) is 34.8 Å². The van der Waals surface area contributed by atoms with Crippen molar-refractivity contribution in [2.45, 2.75) is 19.4 Å².